The molecular formula is C16H15NO4S. The maximum absolute atomic E-state index is 12.2. The first-order valence-corrected chi connectivity index (χ1v) is 7.95. The monoisotopic (exact) mass is 317 g/mol. The summed E-state index contributed by atoms with van der Waals surface area (Å²) in [7, 11) is -3.62. The molecule has 2 N–H and O–H groups in total. The molecule has 5 nitrogen and oxygen atoms in total. The third kappa shape index (κ3) is 3.95. The number of carboxylic acids is 1. The number of rotatable bonds is 6. The van der Waals surface area contributed by atoms with Crippen molar-refractivity contribution in [1.82, 2.24) is 0 Å². The van der Waals surface area contributed by atoms with Crippen molar-refractivity contribution >= 4 is 21.7 Å². The third-order valence-corrected chi connectivity index (χ3v) is 4.38. The van der Waals surface area contributed by atoms with E-state index in [0.29, 0.717) is 5.69 Å². The van der Waals surface area contributed by atoms with Gasteiger partial charge >= 0.3 is 5.97 Å². The van der Waals surface area contributed by atoms with E-state index in [1.807, 2.05) is 0 Å². The normalized spacial score (nSPS) is 10.9. The minimum Gasteiger partial charge on any atom is -0.478 e. The van der Waals surface area contributed by atoms with Crippen molar-refractivity contribution in [2.45, 2.75) is 11.3 Å². The standard InChI is InChI=1S/C16H15NO4S/c1-12(16(18)19)11-13-7-9-14(10-8-13)17-22(20,21)15-5-3-2-4-6-15/h2-10,17H,1,11H2,(H,18,19). The van der Waals surface area contributed by atoms with E-state index in [-0.39, 0.29) is 16.9 Å². The van der Waals surface area contributed by atoms with Crippen molar-refractivity contribution in [3.63, 3.8) is 0 Å². The number of benzene rings is 2. The Morgan fingerprint density at radius 1 is 1.05 bits per heavy atom. The lowest BCUT2D eigenvalue weighted by atomic mass is 10.1. The van der Waals surface area contributed by atoms with Gasteiger partial charge in [0.05, 0.1) is 4.90 Å². The van der Waals surface area contributed by atoms with Crippen molar-refractivity contribution in [3.8, 4) is 0 Å². The van der Waals surface area contributed by atoms with Crippen LogP contribution in [0.1, 0.15) is 5.56 Å². The van der Waals surface area contributed by atoms with Gasteiger partial charge in [-0.1, -0.05) is 36.9 Å². The number of carboxylic acid groups (broad SMARTS) is 1. The molecule has 0 saturated heterocycles. The second-order valence-electron chi connectivity index (χ2n) is 4.70. The summed E-state index contributed by atoms with van der Waals surface area (Å²) >= 11 is 0. The van der Waals surface area contributed by atoms with Crippen LogP contribution < -0.4 is 4.72 Å². The van der Waals surface area contributed by atoms with Crippen LogP contribution in [-0.2, 0) is 21.2 Å². The van der Waals surface area contributed by atoms with Crippen LogP contribution in [0.3, 0.4) is 0 Å². The number of sulfonamides is 1. The van der Waals surface area contributed by atoms with Gasteiger partial charge in [0.25, 0.3) is 10.0 Å². The Hall–Kier alpha value is -2.60. The zero-order valence-corrected chi connectivity index (χ0v) is 12.5. The maximum atomic E-state index is 12.2. The van der Waals surface area contributed by atoms with Crippen molar-refractivity contribution < 1.29 is 18.3 Å². The van der Waals surface area contributed by atoms with Gasteiger partial charge < -0.3 is 5.11 Å². The molecule has 0 saturated carbocycles. The molecule has 0 aliphatic carbocycles. The average molecular weight is 317 g/mol. The third-order valence-electron chi connectivity index (χ3n) is 2.98. The minimum atomic E-state index is -3.62. The van der Waals surface area contributed by atoms with Crippen LogP contribution in [-0.4, -0.2) is 19.5 Å². The van der Waals surface area contributed by atoms with Crippen LogP contribution in [0, 0.1) is 0 Å². The molecule has 2 aromatic carbocycles. The Balaban J connectivity index is 2.12. The smallest absolute Gasteiger partial charge is 0.331 e. The molecule has 0 atom stereocenters. The first-order chi connectivity index (χ1) is 10.4. The number of hydrogen-bond acceptors (Lipinski definition) is 3. The van der Waals surface area contributed by atoms with Gasteiger partial charge in [0, 0.05) is 17.7 Å². The van der Waals surface area contributed by atoms with Gasteiger partial charge in [0.15, 0.2) is 0 Å². The van der Waals surface area contributed by atoms with E-state index in [9.17, 15) is 13.2 Å². The molecule has 114 valence electrons. The van der Waals surface area contributed by atoms with Gasteiger partial charge in [-0.3, -0.25) is 4.72 Å². The molecule has 2 rings (SSSR count). The number of hydrogen-bond donors (Lipinski definition) is 2. The molecule has 0 unspecified atom stereocenters. The van der Waals surface area contributed by atoms with E-state index < -0.39 is 16.0 Å². The van der Waals surface area contributed by atoms with Crippen molar-refractivity contribution in [1.29, 1.82) is 0 Å². The van der Waals surface area contributed by atoms with Crippen molar-refractivity contribution in [2.24, 2.45) is 0 Å². The second kappa shape index (κ2) is 6.44. The molecular weight excluding hydrogens is 302 g/mol. The zero-order chi connectivity index (χ0) is 16.2. The SMILES string of the molecule is C=C(Cc1ccc(NS(=O)(=O)c2ccccc2)cc1)C(=O)O. The molecule has 0 bridgehead atoms. The summed E-state index contributed by atoms with van der Waals surface area (Å²) in [5, 5.41) is 8.79. The molecule has 0 aliphatic rings. The lowest BCUT2D eigenvalue weighted by Crippen LogP contribution is -2.12. The van der Waals surface area contributed by atoms with Gasteiger partial charge in [-0.05, 0) is 29.8 Å². The summed E-state index contributed by atoms with van der Waals surface area (Å²) in [6.45, 7) is 3.46. The average Bonchev–Trinajstić information content (AvgIpc) is 2.50. The largest absolute Gasteiger partial charge is 0.478 e. The Morgan fingerprint density at radius 3 is 2.18 bits per heavy atom. The predicted octanol–water partition coefficient (Wildman–Crippen LogP) is 2.67. The van der Waals surface area contributed by atoms with Gasteiger partial charge in [-0.25, -0.2) is 13.2 Å². The quantitative estimate of drug-likeness (QED) is 0.802. The van der Waals surface area contributed by atoms with Crippen LogP contribution in [0.2, 0.25) is 0 Å². The Labute approximate surface area is 129 Å². The number of carbonyl (C=O) groups is 1. The topological polar surface area (TPSA) is 83.5 Å². The fraction of sp³-hybridized carbons (Fsp3) is 0.0625. The van der Waals surface area contributed by atoms with E-state index in [0.717, 1.165) is 5.56 Å². The summed E-state index contributed by atoms with van der Waals surface area (Å²) in [5.74, 6) is -1.05. The van der Waals surface area contributed by atoms with E-state index in [4.69, 9.17) is 5.11 Å². The van der Waals surface area contributed by atoms with E-state index in [1.54, 1.807) is 42.5 Å². The van der Waals surface area contributed by atoms with Crippen LogP contribution in [0.5, 0.6) is 0 Å². The molecule has 2 aromatic rings. The lowest BCUT2D eigenvalue weighted by Gasteiger charge is -2.09. The Morgan fingerprint density at radius 2 is 1.64 bits per heavy atom. The summed E-state index contributed by atoms with van der Waals surface area (Å²) < 4.78 is 26.8. The summed E-state index contributed by atoms with van der Waals surface area (Å²) in [6.07, 6.45) is 0.209. The minimum absolute atomic E-state index is 0.0811. The van der Waals surface area contributed by atoms with Crippen LogP contribution in [0.25, 0.3) is 0 Å². The van der Waals surface area contributed by atoms with E-state index >= 15 is 0 Å². The van der Waals surface area contributed by atoms with Gasteiger partial charge in [0.2, 0.25) is 0 Å². The molecule has 0 aliphatic heterocycles. The summed E-state index contributed by atoms with van der Waals surface area (Å²) in [5.41, 5.74) is 1.24. The molecule has 0 aromatic heterocycles. The summed E-state index contributed by atoms with van der Waals surface area (Å²) in [4.78, 5) is 10.9. The first-order valence-electron chi connectivity index (χ1n) is 6.46. The number of aliphatic carboxylic acids is 1. The Kier molecular flexibility index (Phi) is 4.62. The molecule has 0 radical (unpaired) electrons. The highest BCUT2D eigenvalue weighted by atomic mass is 32.2. The molecule has 0 amide bonds. The van der Waals surface area contributed by atoms with Crippen molar-refractivity contribution in [3.05, 3.63) is 72.3 Å². The van der Waals surface area contributed by atoms with Crippen LogP contribution in [0.15, 0.2) is 71.6 Å². The molecule has 0 spiro atoms. The highest BCUT2D eigenvalue weighted by Crippen LogP contribution is 2.17. The fourth-order valence-electron chi connectivity index (χ4n) is 1.83. The molecule has 0 fully saturated rings. The zero-order valence-electron chi connectivity index (χ0n) is 11.7. The second-order valence-corrected chi connectivity index (χ2v) is 6.38. The molecule has 6 heteroatoms. The van der Waals surface area contributed by atoms with Crippen LogP contribution in [0.4, 0.5) is 5.69 Å². The van der Waals surface area contributed by atoms with Gasteiger partial charge in [-0.2, -0.15) is 0 Å². The molecule has 0 heterocycles. The van der Waals surface area contributed by atoms with Crippen LogP contribution >= 0.6 is 0 Å². The summed E-state index contributed by atoms with van der Waals surface area (Å²) in [6, 6.07) is 14.6. The molecule has 22 heavy (non-hydrogen) atoms. The lowest BCUT2D eigenvalue weighted by molar-refractivity contribution is -0.132. The number of nitrogens with one attached hydrogen (secondary N) is 1. The van der Waals surface area contributed by atoms with Gasteiger partial charge in [0.1, 0.15) is 0 Å². The first kappa shape index (κ1) is 15.8. The Bertz CT molecular complexity index is 781. The highest BCUT2D eigenvalue weighted by Gasteiger charge is 2.13. The van der Waals surface area contributed by atoms with Gasteiger partial charge in [-0.15, -0.1) is 0 Å². The highest BCUT2D eigenvalue weighted by molar-refractivity contribution is 7.92. The maximum Gasteiger partial charge on any atom is 0.331 e. The predicted molar refractivity (Wildman–Crippen MR) is 84.2 cm³/mol. The van der Waals surface area contributed by atoms with E-state index in [2.05, 4.69) is 11.3 Å². The number of anilines is 1. The van der Waals surface area contributed by atoms with E-state index in [1.165, 1.54) is 12.1 Å². The van der Waals surface area contributed by atoms with Crippen molar-refractivity contribution in [2.75, 3.05) is 4.72 Å². The fourth-order valence-corrected chi connectivity index (χ4v) is 2.91.